The van der Waals surface area contributed by atoms with Crippen LogP contribution < -0.4 is 10.6 Å². The van der Waals surface area contributed by atoms with Gasteiger partial charge in [0.15, 0.2) is 5.13 Å². The van der Waals surface area contributed by atoms with Gasteiger partial charge < -0.3 is 10.6 Å². The van der Waals surface area contributed by atoms with Gasteiger partial charge in [-0.25, -0.2) is 4.98 Å². The Morgan fingerprint density at radius 3 is 2.71 bits per heavy atom. The van der Waals surface area contributed by atoms with E-state index in [0.717, 1.165) is 37.9 Å². The first kappa shape index (κ1) is 14.4. The van der Waals surface area contributed by atoms with Crippen molar-refractivity contribution in [3.8, 4) is 0 Å². The second-order valence-electron chi connectivity index (χ2n) is 4.99. The minimum atomic E-state index is 0.352. The molecule has 21 heavy (non-hydrogen) atoms. The zero-order valence-electron chi connectivity index (χ0n) is 11.6. The first-order valence-corrected chi connectivity index (χ1v) is 8.13. The summed E-state index contributed by atoms with van der Waals surface area (Å²) in [5.41, 5.74) is 7.53. The van der Waals surface area contributed by atoms with Crippen molar-refractivity contribution in [3.05, 3.63) is 41.2 Å². The van der Waals surface area contributed by atoms with Crippen molar-refractivity contribution in [3.63, 3.8) is 0 Å². The third kappa shape index (κ3) is 3.55. The standard InChI is InChI=1S/C14H17N5S2/c15-13(20)12-9-11(1-2-16-12)10-18-4-6-19(7-5-18)14-17-3-8-21-14/h1-3,8-9H,4-7,10H2,(H2,15,20). The molecule has 0 aliphatic carbocycles. The number of rotatable bonds is 4. The van der Waals surface area contributed by atoms with Crippen LogP contribution in [0.25, 0.3) is 0 Å². The Balaban J connectivity index is 1.58. The number of nitrogens with two attached hydrogens (primary N) is 1. The highest BCUT2D eigenvalue weighted by atomic mass is 32.1. The Hall–Kier alpha value is -1.57. The lowest BCUT2D eigenvalue weighted by atomic mass is 10.2. The molecule has 2 aromatic heterocycles. The van der Waals surface area contributed by atoms with Gasteiger partial charge in [0, 0.05) is 50.5 Å². The molecule has 1 fully saturated rings. The van der Waals surface area contributed by atoms with Crippen molar-refractivity contribution < 1.29 is 0 Å². The summed E-state index contributed by atoms with van der Waals surface area (Å²) in [7, 11) is 0. The molecule has 0 amide bonds. The molecule has 7 heteroatoms. The summed E-state index contributed by atoms with van der Waals surface area (Å²) < 4.78 is 0. The molecule has 0 unspecified atom stereocenters. The van der Waals surface area contributed by atoms with E-state index in [1.54, 1.807) is 17.5 Å². The van der Waals surface area contributed by atoms with Gasteiger partial charge in [-0.3, -0.25) is 9.88 Å². The summed E-state index contributed by atoms with van der Waals surface area (Å²) in [5.74, 6) is 0. The molecular formula is C14H17N5S2. The van der Waals surface area contributed by atoms with Crippen molar-refractivity contribution in [2.24, 2.45) is 5.73 Å². The number of thiazole rings is 1. The molecule has 0 radical (unpaired) electrons. The van der Waals surface area contributed by atoms with Crippen LogP contribution in [0, 0.1) is 0 Å². The van der Waals surface area contributed by atoms with Crippen LogP contribution in [-0.2, 0) is 6.54 Å². The van der Waals surface area contributed by atoms with Crippen LogP contribution in [0.3, 0.4) is 0 Å². The topological polar surface area (TPSA) is 58.3 Å². The predicted molar refractivity (Wildman–Crippen MR) is 89.7 cm³/mol. The largest absolute Gasteiger partial charge is 0.388 e. The van der Waals surface area contributed by atoms with Crippen LogP contribution in [0.2, 0.25) is 0 Å². The zero-order chi connectivity index (χ0) is 14.7. The maximum atomic E-state index is 5.63. The first-order chi connectivity index (χ1) is 10.2. The Morgan fingerprint density at radius 1 is 1.24 bits per heavy atom. The molecule has 0 spiro atoms. The number of nitrogens with zero attached hydrogens (tertiary/aromatic N) is 4. The molecular weight excluding hydrogens is 302 g/mol. The minimum Gasteiger partial charge on any atom is -0.388 e. The molecule has 110 valence electrons. The molecule has 0 atom stereocenters. The Bertz CT molecular complexity index is 606. The minimum absolute atomic E-state index is 0.352. The Kier molecular flexibility index (Phi) is 4.42. The maximum Gasteiger partial charge on any atom is 0.185 e. The van der Waals surface area contributed by atoms with E-state index >= 15 is 0 Å². The molecule has 2 aromatic rings. The van der Waals surface area contributed by atoms with Crippen LogP contribution in [0.5, 0.6) is 0 Å². The smallest absolute Gasteiger partial charge is 0.185 e. The number of pyridine rings is 1. The summed E-state index contributed by atoms with van der Waals surface area (Å²) >= 11 is 6.68. The van der Waals surface area contributed by atoms with Crippen molar-refractivity contribution in [1.29, 1.82) is 0 Å². The molecule has 0 bridgehead atoms. The monoisotopic (exact) mass is 319 g/mol. The first-order valence-electron chi connectivity index (χ1n) is 6.84. The maximum absolute atomic E-state index is 5.63. The SMILES string of the molecule is NC(=S)c1cc(CN2CCN(c3nccs3)CC2)ccn1. The van der Waals surface area contributed by atoms with Gasteiger partial charge >= 0.3 is 0 Å². The van der Waals surface area contributed by atoms with Gasteiger partial charge in [0.2, 0.25) is 0 Å². The van der Waals surface area contributed by atoms with Crippen LogP contribution in [0.15, 0.2) is 29.9 Å². The number of aromatic nitrogens is 2. The van der Waals surface area contributed by atoms with E-state index in [4.69, 9.17) is 18.0 Å². The second kappa shape index (κ2) is 6.46. The average Bonchev–Trinajstić information content (AvgIpc) is 3.02. The van der Waals surface area contributed by atoms with E-state index in [2.05, 4.69) is 19.8 Å². The molecule has 3 rings (SSSR count). The zero-order valence-corrected chi connectivity index (χ0v) is 13.2. The molecule has 0 saturated carbocycles. The molecule has 0 aromatic carbocycles. The van der Waals surface area contributed by atoms with E-state index in [1.165, 1.54) is 5.56 Å². The normalized spacial score (nSPS) is 16.1. The third-order valence-corrected chi connectivity index (χ3v) is 4.59. The second-order valence-corrected chi connectivity index (χ2v) is 6.30. The molecule has 5 nitrogen and oxygen atoms in total. The van der Waals surface area contributed by atoms with E-state index in [0.29, 0.717) is 10.7 Å². The van der Waals surface area contributed by atoms with E-state index in [1.807, 2.05) is 23.7 Å². The van der Waals surface area contributed by atoms with Gasteiger partial charge in [0.05, 0.1) is 5.69 Å². The van der Waals surface area contributed by atoms with Gasteiger partial charge in [-0.15, -0.1) is 11.3 Å². The summed E-state index contributed by atoms with van der Waals surface area (Å²) in [6, 6.07) is 4.00. The number of piperazine rings is 1. The molecule has 1 saturated heterocycles. The quantitative estimate of drug-likeness (QED) is 0.862. The fraction of sp³-hybridized carbons (Fsp3) is 0.357. The van der Waals surface area contributed by atoms with Crippen molar-refractivity contribution in [1.82, 2.24) is 14.9 Å². The van der Waals surface area contributed by atoms with Crippen molar-refractivity contribution in [2.75, 3.05) is 31.1 Å². The lowest BCUT2D eigenvalue weighted by Crippen LogP contribution is -2.45. The predicted octanol–water partition coefficient (Wildman–Crippen LogP) is 1.49. The van der Waals surface area contributed by atoms with Crippen molar-refractivity contribution >= 4 is 33.7 Å². The lowest BCUT2D eigenvalue weighted by molar-refractivity contribution is 0.249. The average molecular weight is 319 g/mol. The summed E-state index contributed by atoms with van der Waals surface area (Å²) in [6.45, 7) is 5.00. The highest BCUT2D eigenvalue weighted by Crippen LogP contribution is 2.19. The number of thiocarbonyl (C=S) groups is 1. The Morgan fingerprint density at radius 2 is 2.05 bits per heavy atom. The van der Waals surface area contributed by atoms with Crippen LogP contribution >= 0.6 is 23.6 Å². The van der Waals surface area contributed by atoms with Crippen LogP contribution in [0.1, 0.15) is 11.3 Å². The van der Waals surface area contributed by atoms with E-state index < -0.39 is 0 Å². The van der Waals surface area contributed by atoms with Crippen LogP contribution in [0.4, 0.5) is 5.13 Å². The van der Waals surface area contributed by atoms with E-state index in [9.17, 15) is 0 Å². The lowest BCUT2D eigenvalue weighted by Gasteiger charge is -2.34. The molecule has 3 heterocycles. The van der Waals surface area contributed by atoms with Gasteiger partial charge in [-0.1, -0.05) is 12.2 Å². The van der Waals surface area contributed by atoms with Gasteiger partial charge in [-0.2, -0.15) is 0 Å². The number of hydrogen-bond donors (Lipinski definition) is 1. The van der Waals surface area contributed by atoms with Gasteiger partial charge in [0.1, 0.15) is 4.99 Å². The summed E-state index contributed by atoms with van der Waals surface area (Å²) in [4.78, 5) is 13.7. The van der Waals surface area contributed by atoms with Crippen LogP contribution in [-0.4, -0.2) is 46.0 Å². The molecule has 1 aliphatic rings. The van der Waals surface area contributed by atoms with Gasteiger partial charge in [-0.05, 0) is 17.7 Å². The third-order valence-electron chi connectivity index (χ3n) is 3.55. The highest BCUT2D eigenvalue weighted by molar-refractivity contribution is 7.80. The number of anilines is 1. The number of hydrogen-bond acceptors (Lipinski definition) is 6. The summed E-state index contributed by atoms with van der Waals surface area (Å²) in [6.07, 6.45) is 3.64. The summed E-state index contributed by atoms with van der Waals surface area (Å²) in [5, 5.41) is 3.14. The fourth-order valence-corrected chi connectivity index (χ4v) is 3.24. The molecule has 2 N–H and O–H groups in total. The molecule has 1 aliphatic heterocycles. The Labute approximate surface area is 133 Å². The van der Waals surface area contributed by atoms with Crippen molar-refractivity contribution in [2.45, 2.75) is 6.54 Å². The van der Waals surface area contributed by atoms with E-state index in [-0.39, 0.29) is 0 Å². The van der Waals surface area contributed by atoms with Gasteiger partial charge in [0.25, 0.3) is 0 Å². The highest BCUT2D eigenvalue weighted by Gasteiger charge is 2.18. The fourth-order valence-electron chi connectivity index (χ4n) is 2.43.